The lowest BCUT2D eigenvalue weighted by atomic mass is 10.0. The van der Waals surface area contributed by atoms with E-state index in [1.807, 2.05) is 13.8 Å². The van der Waals surface area contributed by atoms with Crippen molar-refractivity contribution >= 4 is 17.7 Å². The van der Waals surface area contributed by atoms with Gasteiger partial charge in [0.1, 0.15) is 23.7 Å². The Bertz CT molecular complexity index is 1000. The van der Waals surface area contributed by atoms with Crippen LogP contribution in [0.15, 0.2) is 18.5 Å². The minimum absolute atomic E-state index is 0.0485. The zero-order valence-electron chi connectivity index (χ0n) is 18.3. The molecule has 3 heterocycles. The van der Waals surface area contributed by atoms with Crippen molar-refractivity contribution in [1.29, 1.82) is 0 Å². The molecular weight excluding hydrogens is 449 g/mol. The Morgan fingerprint density at radius 1 is 1.21 bits per heavy atom. The van der Waals surface area contributed by atoms with Gasteiger partial charge in [-0.2, -0.15) is 13.2 Å². The molecule has 0 aromatic carbocycles. The van der Waals surface area contributed by atoms with Gasteiger partial charge in [0.15, 0.2) is 6.10 Å². The van der Waals surface area contributed by atoms with E-state index in [9.17, 15) is 26.7 Å². The first-order valence-electron chi connectivity index (χ1n) is 10.5. The molecule has 7 nitrogen and oxygen atoms in total. The van der Waals surface area contributed by atoms with Crippen LogP contribution >= 0.6 is 0 Å². The lowest BCUT2D eigenvalue weighted by Gasteiger charge is -2.27. The molecule has 0 saturated heterocycles. The third-order valence-electron chi connectivity index (χ3n) is 5.53. The van der Waals surface area contributed by atoms with E-state index in [4.69, 9.17) is 0 Å². The number of carbonyl (C=O) groups excluding carboxylic acids is 1. The average Bonchev–Trinajstić information content (AvgIpc) is 2.77. The second kappa shape index (κ2) is 9.84. The topological polar surface area (TPSA) is 80.2 Å². The fourth-order valence-corrected chi connectivity index (χ4v) is 3.42. The summed E-state index contributed by atoms with van der Waals surface area (Å²) in [6.45, 7) is 6.73. The number of fused-ring (bicyclic) bond motifs is 1. The Balaban J connectivity index is 2.15. The van der Waals surface area contributed by atoms with Crippen molar-refractivity contribution in [3.8, 4) is 11.4 Å². The van der Waals surface area contributed by atoms with Crippen LogP contribution < -0.4 is 10.2 Å². The molecule has 1 N–H and O–H groups in total. The van der Waals surface area contributed by atoms with Crippen LogP contribution in [0.4, 0.5) is 38.4 Å². The monoisotopic (exact) mass is 473 g/mol. The number of ether oxygens (including phenoxy) is 1. The molecular formula is C21H24F5N5O2. The van der Waals surface area contributed by atoms with E-state index in [2.05, 4.69) is 25.0 Å². The molecule has 12 heteroatoms. The highest BCUT2D eigenvalue weighted by atomic mass is 19.4. The first-order valence-corrected chi connectivity index (χ1v) is 10.5. The van der Waals surface area contributed by atoms with Gasteiger partial charge in [-0.1, -0.05) is 20.3 Å². The van der Waals surface area contributed by atoms with Gasteiger partial charge in [-0.05, 0) is 31.4 Å². The maximum absolute atomic E-state index is 13.7. The summed E-state index contributed by atoms with van der Waals surface area (Å²) in [6.07, 6.45) is -8.41. The van der Waals surface area contributed by atoms with Gasteiger partial charge in [0.2, 0.25) is 0 Å². The molecule has 1 aliphatic rings. The Hall–Kier alpha value is -3.05. The summed E-state index contributed by atoms with van der Waals surface area (Å²) in [5.74, 6) is 0.157. The number of alkyl halides is 5. The minimum atomic E-state index is -4.71. The van der Waals surface area contributed by atoms with Crippen LogP contribution in [0, 0.1) is 5.92 Å². The molecule has 180 valence electrons. The fourth-order valence-electron chi connectivity index (χ4n) is 3.42. The van der Waals surface area contributed by atoms with Crippen LogP contribution in [0.5, 0.6) is 0 Å². The predicted molar refractivity (Wildman–Crippen MR) is 111 cm³/mol. The molecule has 0 bridgehead atoms. The normalized spacial score (nSPS) is 16.8. The van der Waals surface area contributed by atoms with E-state index in [0.29, 0.717) is 19.0 Å². The lowest BCUT2D eigenvalue weighted by molar-refractivity contribution is -0.137. The third-order valence-corrected chi connectivity index (χ3v) is 5.53. The van der Waals surface area contributed by atoms with Crippen LogP contribution in [-0.2, 0) is 10.9 Å². The van der Waals surface area contributed by atoms with E-state index in [0.717, 1.165) is 31.3 Å². The second-order valence-corrected chi connectivity index (χ2v) is 7.75. The molecule has 0 fully saturated rings. The fraction of sp³-hybridized carbons (Fsp3) is 0.524. The molecule has 33 heavy (non-hydrogen) atoms. The molecule has 2 aromatic rings. The highest BCUT2D eigenvalue weighted by Gasteiger charge is 2.39. The molecule has 2 atom stereocenters. The molecule has 0 aliphatic carbocycles. The van der Waals surface area contributed by atoms with Crippen LogP contribution in [0.3, 0.4) is 0 Å². The highest BCUT2D eigenvalue weighted by Crippen LogP contribution is 2.41. The van der Waals surface area contributed by atoms with Crippen LogP contribution in [0.1, 0.15) is 50.8 Å². The van der Waals surface area contributed by atoms with E-state index in [-0.39, 0.29) is 28.6 Å². The third kappa shape index (κ3) is 5.48. The summed E-state index contributed by atoms with van der Waals surface area (Å²) in [5, 5.41) is 2.18. The smallest absolute Gasteiger partial charge is 0.416 e. The molecule has 0 saturated carbocycles. The van der Waals surface area contributed by atoms with E-state index >= 15 is 0 Å². The van der Waals surface area contributed by atoms with Gasteiger partial charge < -0.3 is 9.64 Å². The number of nitrogens with one attached hydrogen (secondary N) is 1. The van der Waals surface area contributed by atoms with Gasteiger partial charge in [-0.25, -0.2) is 28.5 Å². The van der Waals surface area contributed by atoms with Crippen molar-refractivity contribution in [3.63, 3.8) is 0 Å². The Labute approximate surface area is 187 Å². The number of pyridine rings is 1. The van der Waals surface area contributed by atoms with Crippen LogP contribution in [0.25, 0.3) is 11.4 Å². The van der Waals surface area contributed by atoms with Crippen molar-refractivity contribution < 1.29 is 31.5 Å². The largest absolute Gasteiger partial charge is 0.435 e. The van der Waals surface area contributed by atoms with Gasteiger partial charge in [-0.15, -0.1) is 0 Å². The number of cyclic esters (lactones) is 1. The number of rotatable bonds is 8. The number of hydrogen-bond acceptors (Lipinski definition) is 6. The molecule has 0 radical (unpaired) electrons. The number of carbonyl (C=O) groups is 1. The van der Waals surface area contributed by atoms with Gasteiger partial charge in [0.25, 0.3) is 6.43 Å². The average molecular weight is 473 g/mol. The van der Waals surface area contributed by atoms with Crippen molar-refractivity contribution in [1.82, 2.24) is 15.0 Å². The summed E-state index contributed by atoms with van der Waals surface area (Å²) in [5.41, 5.74) is -1.86. The standard InChI is InChI=1S/C21H24F5N5O2/c1-4-11(3)6-7-31(5-2)14-9-12(21(24,25)26)8-13(29-14)16-15-17(18(22)23)33-20(32)30-19(15)28-10-27-16/h8-11,17-18H,4-7H2,1-3H3,(H,27,28,30,32). The Morgan fingerprint density at radius 2 is 1.94 bits per heavy atom. The van der Waals surface area contributed by atoms with E-state index in [1.165, 1.54) is 0 Å². The zero-order chi connectivity index (χ0) is 24.3. The second-order valence-electron chi connectivity index (χ2n) is 7.75. The van der Waals surface area contributed by atoms with E-state index < -0.39 is 30.4 Å². The molecule has 2 unspecified atom stereocenters. The Kier molecular flexibility index (Phi) is 7.33. The van der Waals surface area contributed by atoms with Gasteiger partial charge in [0.05, 0.1) is 16.8 Å². The SMILES string of the molecule is CCC(C)CCN(CC)c1cc(C(F)(F)F)cc(-c2ncnc3c2C(C(F)F)OC(=O)N3)n1. The summed E-state index contributed by atoms with van der Waals surface area (Å²) in [4.78, 5) is 25.3. The zero-order valence-corrected chi connectivity index (χ0v) is 18.3. The maximum Gasteiger partial charge on any atom is 0.416 e. The van der Waals surface area contributed by atoms with Crippen molar-refractivity contribution in [2.24, 2.45) is 5.92 Å². The number of hydrogen-bond donors (Lipinski definition) is 1. The summed E-state index contributed by atoms with van der Waals surface area (Å²) < 4.78 is 73.1. The van der Waals surface area contributed by atoms with Crippen molar-refractivity contribution in [2.45, 2.75) is 52.3 Å². The van der Waals surface area contributed by atoms with Crippen LogP contribution in [-0.4, -0.2) is 40.6 Å². The first kappa shape index (κ1) is 24.6. The van der Waals surface area contributed by atoms with Crippen LogP contribution in [0.2, 0.25) is 0 Å². The van der Waals surface area contributed by atoms with Gasteiger partial charge in [-0.3, -0.25) is 5.32 Å². The molecule has 1 amide bonds. The summed E-state index contributed by atoms with van der Waals surface area (Å²) in [7, 11) is 0. The molecule has 2 aromatic heterocycles. The quantitative estimate of drug-likeness (QED) is 0.497. The van der Waals surface area contributed by atoms with Crippen molar-refractivity contribution in [2.75, 3.05) is 23.3 Å². The molecule has 1 aliphatic heterocycles. The number of amides is 1. The summed E-state index contributed by atoms with van der Waals surface area (Å²) in [6, 6.07) is 1.67. The van der Waals surface area contributed by atoms with Gasteiger partial charge >= 0.3 is 12.3 Å². The van der Waals surface area contributed by atoms with E-state index in [1.54, 1.807) is 11.8 Å². The number of halogens is 5. The van der Waals surface area contributed by atoms with Crippen molar-refractivity contribution in [3.05, 3.63) is 29.6 Å². The predicted octanol–water partition coefficient (Wildman–Crippen LogP) is 5.69. The summed E-state index contributed by atoms with van der Waals surface area (Å²) >= 11 is 0. The number of nitrogens with zero attached hydrogens (tertiary/aromatic N) is 4. The lowest BCUT2D eigenvalue weighted by Crippen LogP contribution is -2.30. The highest BCUT2D eigenvalue weighted by molar-refractivity contribution is 5.88. The number of aromatic nitrogens is 3. The minimum Gasteiger partial charge on any atom is -0.435 e. The Morgan fingerprint density at radius 3 is 2.55 bits per heavy atom. The first-order chi connectivity index (χ1) is 15.5. The molecule has 3 rings (SSSR count). The molecule has 0 spiro atoms. The number of anilines is 2. The van der Waals surface area contributed by atoms with Gasteiger partial charge in [0, 0.05) is 13.1 Å². The maximum atomic E-state index is 13.7.